The third-order valence-corrected chi connectivity index (χ3v) is 3.38. The number of nitrogens with zero attached hydrogens (tertiary/aromatic N) is 1. The lowest BCUT2D eigenvalue weighted by atomic mass is 10.00. The summed E-state index contributed by atoms with van der Waals surface area (Å²) >= 11 is 0. The zero-order valence-electron chi connectivity index (χ0n) is 10.9. The monoisotopic (exact) mass is 265 g/mol. The Morgan fingerprint density at radius 3 is 2.60 bits per heavy atom. The summed E-state index contributed by atoms with van der Waals surface area (Å²) in [6.07, 6.45) is 1.71. The molecule has 1 atom stereocenters. The van der Waals surface area contributed by atoms with Gasteiger partial charge in [-0.3, -0.25) is 4.98 Å². The highest BCUT2D eigenvalue weighted by Crippen LogP contribution is 2.23. The second kappa shape index (κ2) is 5.31. The quantitative estimate of drug-likeness (QED) is 0.764. The van der Waals surface area contributed by atoms with Crippen LogP contribution in [0.15, 0.2) is 60.8 Å². The minimum atomic E-state index is -0.566. The summed E-state index contributed by atoms with van der Waals surface area (Å²) < 4.78 is 0. The van der Waals surface area contributed by atoms with Gasteiger partial charge in [0.15, 0.2) is 0 Å². The number of fused-ring (bicyclic) bond motifs is 1. The molecule has 20 heavy (non-hydrogen) atoms. The van der Waals surface area contributed by atoms with Crippen molar-refractivity contribution in [2.24, 2.45) is 0 Å². The molecule has 0 bridgehead atoms. The third kappa shape index (κ3) is 2.63. The zero-order chi connectivity index (χ0) is 13.9. The SMILES string of the molecule is Oc1ccc(CC(O)c2ccc3ncccc3c2)cc1. The summed E-state index contributed by atoms with van der Waals surface area (Å²) in [6.45, 7) is 0. The first-order chi connectivity index (χ1) is 9.72. The van der Waals surface area contributed by atoms with E-state index in [1.807, 2.05) is 42.5 Å². The average molecular weight is 265 g/mol. The van der Waals surface area contributed by atoms with Crippen LogP contribution in [-0.2, 0) is 6.42 Å². The first-order valence-corrected chi connectivity index (χ1v) is 6.53. The summed E-state index contributed by atoms with van der Waals surface area (Å²) in [4.78, 5) is 4.27. The molecule has 2 N–H and O–H groups in total. The van der Waals surface area contributed by atoms with Gasteiger partial charge in [-0.05, 0) is 41.5 Å². The predicted octanol–water partition coefficient (Wildman–Crippen LogP) is 3.22. The molecule has 1 unspecified atom stereocenters. The molecule has 100 valence electrons. The fourth-order valence-electron chi connectivity index (χ4n) is 2.27. The fraction of sp³-hybridized carbons (Fsp3) is 0.118. The van der Waals surface area contributed by atoms with Gasteiger partial charge in [-0.2, -0.15) is 0 Å². The average Bonchev–Trinajstić information content (AvgIpc) is 2.49. The smallest absolute Gasteiger partial charge is 0.115 e. The van der Waals surface area contributed by atoms with Crippen LogP contribution in [0.25, 0.3) is 10.9 Å². The summed E-state index contributed by atoms with van der Waals surface area (Å²) in [7, 11) is 0. The number of pyridine rings is 1. The van der Waals surface area contributed by atoms with Crippen LogP contribution in [0, 0.1) is 0 Å². The van der Waals surface area contributed by atoms with E-state index in [4.69, 9.17) is 0 Å². The topological polar surface area (TPSA) is 53.4 Å². The van der Waals surface area contributed by atoms with Crippen molar-refractivity contribution in [3.63, 3.8) is 0 Å². The van der Waals surface area contributed by atoms with Gasteiger partial charge in [-0.25, -0.2) is 0 Å². The Labute approximate surface area is 117 Å². The van der Waals surface area contributed by atoms with E-state index >= 15 is 0 Å². The molecule has 1 heterocycles. The molecule has 0 saturated heterocycles. The van der Waals surface area contributed by atoms with Crippen molar-refractivity contribution < 1.29 is 10.2 Å². The van der Waals surface area contributed by atoms with Crippen LogP contribution < -0.4 is 0 Å². The normalized spacial score (nSPS) is 12.4. The van der Waals surface area contributed by atoms with Crippen LogP contribution in [0.1, 0.15) is 17.2 Å². The maximum atomic E-state index is 10.3. The largest absolute Gasteiger partial charge is 0.508 e. The van der Waals surface area contributed by atoms with Gasteiger partial charge in [0.25, 0.3) is 0 Å². The zero-order valence-corrected chi connectivity index (χ0v) is 10.9. The van der Waals surface area contributed by atoms with E-state index in [0.29, 0.717) is 6.42 Å². The van der Waals surface area contributed by atoms with E-state index in [-0.39, 0.29) is 5.75 Å². The third-order valence-electron chi connectivity index (χ3n) is 3.38. The van der Waals surface area contributed by atoms with Gasteiger partial charge in [0.2, 0.25) is 0 Å². The predicted molar refractivity (Wildman–Crippen MR) is 78.5 cm³/mol. The molecule has 0 radical (unpaired) electrons. The molecule has 3 heteroatoms. The van der Waals surface area contributed by atoms with Crippen LogP contribution in [0.2, 0.25) is 0 Å². The van der Waals surface area contributed by atoms with Crippen molar-refractivity contribution in [3.05, 3.63) is 71.9 Å². The van der Waals surface area contributed by atoms with Gasteiger partial charge >= 0.3 is 0 Å². The van der Waals surface area contributed by atoms with Gasteiger partial charge in [-0.1, -0.05) is 24.3 Å². The van der Waals surface area contributed by atoms with Crippen LogP contribution in [0.5, 0.6) is 5.75 Å². The molecule has 3 nitrogen and oxygen atoms in total. The molecule has 0 aliphatic heterocycles. The Hall–Kier alpha value is -2.39. The molecule has 3 rings (SSSR count). The van der Waals surface area contributed by atoms with Gasteiger partial charge in [-0.15, -0.1) is 0 Å². The molecule has 0 fully saturated rings. The summed E-state index contributed by atoms with van der Waals surface area (Å²) in [6, 6.07) is 16.6. The first-order valence-electron chi connectivity index (χ1n) is 6.53. The van der Waals surface area contributed by atoms with E-state index in [0.717, 1.165) is 22.0 Å². The van der Waals surface area contributed by atoms with Crippen molar-refractivity contribution in [2.75, 3.05) is 0 Å². The first kappa shape index (κ1) is 12.6. The molecule has 2 aromatic carbocycles. The lowest BCUT2D eigenvalue weighted by molar-refractivity contribution is 0.178. The highest BCUT2D eigenvalue weighted by atomic mass is 16.3. The van der Waals surface area contributed by atoms with Crippen molar-refractivity contribution in [1.82, 2.24) is 4.98 Å². The summed E-state index contributed by atoms with van der Waals surface area (Å²) in [5.41, 5.74) is 2.79. The van der Waals surface area contributed by atoms with E-state index in [2.05, 4.69) is 4.98 Å². The molecule has 0 aliphatic rings. The van der Waals surface area contributed by atoms with E-state index < -0.39 is 6.10 Å². The van der Waals surface area contributed by atoms with Gasteiger partial charge in [0, 0.05) is 18.0 Å². The van der Waals surface area contributed by atoms with Crippen molar-refractivity contribution in [2.45, 2.75) is 12.5 Å². The molecule has 0 amide bonds. The number of hydrogen-bond donors (Lipinski definition) is 2. The number of aromatic nitrogens is 1. The van der Waals surface area contributed by atoms with Crippen LogP contribution in [-0.4, -0.2) is 15.2 Å². The number of phenolic OH excluding ortho intramolecular Hbond substituents is 1. The van der Waals surface area contributed by atoms with E-state index in [9.17, 15) is 10.2 Å². The Morgan fingerprint density at radius 1 is 1.00 bits per heavy atom. The molecule has 0 saturated carbocycles. The number of benzene rings is 2. The van der Waals surface area contributed by atoms with Crippen LogP contribution in [0.3, 0.4) is 0 Å². The number of aliphatic hydroxyl groups excluding tert-OH is 1. The standard InChI is InChI=1S/C17H15NO2/c19-15-6-3-12(4-7-15)10-17(20)14-5-8-16-13(11-14)2-1-9-18-16/h1-9,11,17,19-20H,10H2. The van der Waals surface area contributed by atoms with Crippen molar-refractivity contribution in [1.29, 1.82) is 0 Å². The Bertz CT molecular complexity index is 722. The minimum Gasteiger partial charge on any atom is -0.508 e. The van der Waals surface area contributed by atoms with E-state index in [1.165, 1.54) is 0 Å². The Morgan fingerprint density at radius 2 is 1.80 bits per heavy atom. The van der Waals surface area contributed by atoms with Crippen molar-refractivity contribution >= 4 is 10.9 Å². The number of rotatable bonds is 3. The lowest BCUT2D eigenvalue weighted by Crippen LogP contribution is -2.01. The highest BCUT2D eigenvalue weighted by Gasteiger charge is 2.09. The molecule has 0 aliphatic carbocycles. The lowest BCUT2D eigenvalue weighted by Gasteiger charge is -2.12. The maximum absolute atomic E-state index is 10.3. The second-order valence-corrected chi connectivity index (χ2v) is 4.84. The number of aromatic hydroxyl groups is 1. The van der Waals surface area contributed by atoms with Crippen LogP contribution >= 0.6 is 0 Å². The van der Waals surface area contributed by atoms with Gasteiger partial charge in [0.05, 0.1) is 11.6 Å². The summed E-state index contributed by atoms with van der Waals surface area (Å²) in [5.74, 6) is 0.236. The molecule has 0 spiro atoms. The molecule has 3 aromatic rings. The second-order valence-electron chi connectivity index (χ2n) is 4.84. The number of phenols is 1. The fourth-order valence-corrected chi connectivity index (χ4v) is 2.27. The minimum absolute atomic E-state index is 0.236. The van der Waals surface area contributed by atoms with Crippen molar-refractivity contribution in [3.8, 4) is 5.75 Å². The molecule has 1 aromatic heterocycles. The maximum Gasteiger partial charge on any atom is 0.115 e. The Balaban J connectivity index is 1.84. The van der Waals surface area contributed by atoms with Gasteiger partial charge in [0.1, 0.15) is 5.75 Å². The summed E-state index contributed by atoms with van der Waals surface area (Å²) in [5, 5.41) is 20.6. The molecular weight excluding hydrogens is 250 g/mol. The Kier molecular flexibility index (Phi) is 3.35. The van der Waals surface area contributed by atoms with E-state index in [1.54, 1.807) is 18.3 Å². The number of hydrogen-bond acceptors (Lipinski definition) is 3. The van der Waals surface area contributed by atoms with Gasteiger partial charge < -0.3 is 10.2 Å². The van der Waals surface area contributed by atoms with Crippen LogP contribution in [0.4, 0.5) is 0 Å². The molecular formula is C17H15NO2. The number of aliphatic hydroxyl groups is 1. The highest BCUT2D eigenvalue weighted by molar-refractivity contribution is 5.79.